The fourth-order valence-corrected chi connectivity index (χ4v) is 4.04. The summed E-state index contributed by atoms with van der Waals surface area (Å²) < 4.78 is 18.5. The Morgan fingerprint density at radius 2 is 1.59 bits per heavy atom. The Hall–Kier alpha value is -2.07. The molecule has 1 aromatic rings. The summed E-state index contributed by atoms with van der Waals surface area (Å²) in [5.41, 5.74) is 0.813. The van der Waals surface area contributed by atoms with E-state index < -0.39 is 0 Å². The summed E-state index contributed by atoms with van der Waals surface area (Å²) in [7, 11) is 0. The lowest BCUT2D eigenvalue weighted by Crippen LogP contribution is -2.51. The van der Waals surface area contributed by atoms with Gasteiger partial charge in [-0.2, -0.15) is 0 Å². The second-order valence-electron chi connectivity index (χ2n) is 8.54. The summed E-state index contributed by atoms with van der Waals surface area (Å²) in [5, 5.41) is 5.51. The van der Waals surface area contributed by atoms with E-state index in [-0.39, 0.29) is 30.2 Å². The van der Waals surface area contributed by atoms with Crippen LogP contribution in [0.25, 0.3) is 0 Å². The molecule has 2 aliphatic heterocycles. The van der Waals surface area contributed by atoms with Crippen LogP contribution in [0.1, 0.15) is 24.9 Å². The smallest absolute Gasteiger partial charge is 0.239 e. The number of nitrogens with one attached hydrogen (secondary N) is 2. The first kappa shape index (κ1) is 24.6. The quantitative estimate of drug-likeness (QED) is 0.571. The Morgan fingerprint density at radius 3 is 2.31 bits per heavy atom. The molecule has 9 heteroatoms. The predicted octanol–water partition coefficient (Wildman–Crippen LogP) is 0.459. The van der Waals surface area contributed by atoms with Crippen LogP contribution in [-0.2, 0) is 14.3 Å². The van der Waals surface area contributed by atoms with E-state index in [9.17, 15) is 14.0 Å². The van der Waals surface area contributed by atoms with Gasteiger partial charge in [-0.15, -0.1) is 0 Å². The van der Waals surface area contributed by atoms with E-state index in [1.165, 1.54) is 12.1 Å². The normalized spacial score (nSPS) is 19.8. The van der Waals surface area contributed by atoms with Crippen LogP contribution in [0.4, 0.5) is 4.39 Å². The molecule has 0 aliphatic carbocycles. The van der Waals surface area contributed by atoms with E-state index in [0.717, 1.165) is 77.6 Å². The SMILES string of the molecule is CC(NC(=O)CNC(=O)CN1CCN(CCN2CCCOCC2)CC1)c1ccc(F)cc1. The second kappa shape index (κ2) is 12.8. The molecule has 0 spiro atoms. The van der Waals surface area contributed by atoms with Crippen LogP contribution in [0.2, 0.25) is 0 Å². The Labute approximate surface area is 190 Å². The number of ether oxygens (including phenoxy) is 1. The van der Waals surface area contributed by atoms with Crippen molar-refractivity contribution in [3.05, 3.63) is 35.6 Å². The number of hydrogen-bond donors (Lipinski definition) is 2. The summed E-state index contributed by atoms with van der Waals surface area (Å²) in [5.74, 6) is -0.723. The van der Waals surface area contributed by atoms with Crippen molar-refractivity contribution in [3.8, 4) is 0 Å². The minimum atomic E-state index is -0.312. The third-order valence-electron chi connectivity index (χ3n) is 6.07. The van der Waals surface area contributed by atoms with Crippen LogP contribution in [0.5, 0.6) is 0 Å². The Balaban J connectivity index is 1.27. The van der Waals surface area contributed by atoms with Crippen LogP contribution >= 0.6 is 0 Å². The van der Waals surface area contributed by atoms with Gasteiger partial charge in [-0.05, 0) is 31.0 Å². The zero-order valence-electron chi connectivity index (χ0n) is 19.0. The maximum Gasteiger partial charge on any atom is 0.239 e. The van der Waals surface area contributed by atoms with Crippen molar-refractivity contribution in [3.63, 3.8) is 0 Å². The van der Waals surface area contributed by atoms with E-state index in [2.05, 4.69) is 25.3 Å². The van der Waals surface area contributed by atoms with Crippen LogP contribution < -0.4 is 10.6 Å². The first-order valence-corrected chi connectivity index (χ1v) is 11.6. The van der Waals surface area contributed by atoms with Crippen molar-refractivity contribution in [1.82, 2.24) is 25.3 Å². The van der Waals surface area contributed by atoms with Gasteiger partial charge in [-0.25, -0.2) is 4.39 Å². The third-order valence-corrected chi connectivity index (χ3v) is 6.07. The molecule has 32 heavy (non-hydrogen) atoms. The number of halogens is 1. The zero-order chi connectivity index (χ0) is 22.8. The standard InChI is InChI=1S/C23H36FN5O3/c1-19(20-3-5-21(24)6-4-20)26-22(30)17-25-23(31)18-29-12-10-28(11-13-29)9-8-27-7-2-15-32-16-14-27/h3-6,19H,2,7-18H2,1H3,(H,25,31)(H,26,30). The lowest BCUT2D eigenvalue weighted by Gasteiger charge is -2.35. The number of nitrogens with zero attached hydrogens (tertiary/aromatic N) is 3. The highest BCUT2D eigenvalue weighted by atomic mass is 19.1. The summed E-state index contributed by atoms with van der Waals surface area (Å²) in [6.07, 6.45) is 1.10. The Morgan fingerprint density at radius 1 is 0.938 bits per heavy atom. The minimum absolute atomic E-state index is 0.0656. The molecule has 2 aliphatic rings. The molecule has 2 amide bonds. The van der Waals surface area contributed by atoms with E-state index in [1.54, 1.807) is 12.1 Å². The number of carbonyl (C=O) groups excluding carboxylic acids is 2. The second-order valence-corrected chi connectivity index (χ2v) is 8.54. The van der Waals surface area contributed by atoms with Crippen molar-refractivity contribution in [2.24, 2.45) is 0 Å². The van der Waals surface area contributed by atoms with Gasteiger partial charge in [0.15, 0.2) is 0 Å². The number of amides is 2. The lowest BCUT2D eigenvalue weighted by atomic mass is 10.1. The minimum Gasteiger partial charge on any atom is -0.380 e. The van der Waals surface area contributed by atoms with Gasteiger partial charge in [-0.1, -0.05) is 12.1 Å². The monoisotopic (exact) mass is 449 g/mol. The number of hydrogen-bond acceptors (Lipinski definition) is 6. The highest BCUT2D eigenvalue weighted by Gasteiger charge is 2.20. The number of piperazine rings is 1. The van der Waals surface area contributed by atoms with Crippen molar-refractivity contribution in [1.29, 1.82) is 0 Å². The highest BCUT2D eigenvalue weighted by molar-refractivity contribution is 5.85. The van der Waals surface area contributed by atoms with Crippen LogP contribution in [-0.4, -0.2) is 105 Å². The topological polar surface area (TPSA) is 77.2 Å². The molecule has 0 radical (unpaired) electrons. The molecule has 3 rings (SSSR count). The van der Waals surface area contributed by atoms with E-state index in [4.69, 9.17) is 4.74 Å². The number of rotatable bonds is 9. The maximum atomic E-state index is 13.0. The fraction of sp³-hybridized carbons (Fsp3) is 0.652. The van der Waals surface area contributed by atoms with Gasteiger partial charge in [-0.3, -0.25) is 24.3 Å². The predicted molar refractivity (Wildman–Crippen MR) is 121 cm³/mol. The summed E-state index contributed by atoms with van der Waals surface area (Å²) in [4.78, 5) is 31.4. The Bertz CT molecular complexity index is 717. The summed E-state index contributed by atoms with van der Waals surface area (Å²) >= 11 is 0. The zero-order valence-corrected chi connectivity index (χ0v) is 19.0. The highest BCUT2D eigenvalue weighted by Crippen LogP contribution is 2.12. The van der Waals surface area contributed by atoms with Gasteiger partial charge in [0.05, 0.1) is 25.7 Å². The van der Waals surface area contributed by atoms with Crippen molar-refractivity contribution in [2.45, 2.75) is 19.4 Å². The lowest BCUT2D eigenvalue weighted by molar-refractivity contribution is -0.127. The molecule has 0 bridgehead atoms. The van der Waals surface area contributed by atoms with Crippen LogP contribution in [0.15, 0.2) is 24.3 Å². The Kier molecular flexibility index (Phi) is 9.86. The molecule has 0 aromatic heterocycles. The van der Waals surface area contributed by atoms with Gasteiger partial charge in [0.2, 0.25) is 11.8 Å². The van der Waals surface area contributed by atoms with Gasteiger partial charge in [0.1, 0.15) is 5.82 Å². The van der Waals surface area contributed by atoms with Gasteiger partial charge < -0.3 is 15.4 Å². The fourth-order valence-electron chi connectivity index (χ4n) is 4.04. The molecule has 8 nitrogen and oxygen atoms in total. The number of carbonyl (C=O) groups is 2. The third kappa shape index (κ3) is 8.46. The molecule has 1 aromatic carbocycles. The van der Waals surface area contributed by atoms with Crippen molar-refractivity contribution < 1.29 is 18.7 Å². The maximum absolute atomic E-state index is 13.0. The van der Waals surface area contributed by atoms with Crippen LogP contribution in [0.3, 0.4) is 0 Å². The molecular weight excluding hydrogens is 413 g/mol. The number of benzene rings is 1. The molecular formula is C23H36FN5O3. The largest absolute Gasteiger partial charge is 0.380 e. The average molecular weight is 450 g/mol. The molecule has 2 heterocycles. The summed E-state index contributed by atoms with van der Waals surface area (Å²) in [6, 6.07) is 5.75. The van der Waals surface area contributed by atoms with E-state index in [1.807, 2.05) is 6.92 Å². The van der Waals surface area contributed by atoms with Gasteiger partial charge in [0, 0.05) is 59.0 Å². The molecule has 1 unspecified atom stereocenters. The molecule has 1 atom stereocenters. The molecule has 2 fully saturated rings. The van der Waals surface area contributed by atoms with Gasteiger partial charge >= 0.3 is 0 Å². The van der Waals surface area contributed by atoms with Crippen molar-refractivity contribution in [2.75, 3.05) is 78.7 Å². The molecule has 2 saturated heterocycles. The molecule has 0 saturated carbocycles. The first-order valence-electron chi connectivity index (χ1n) is 11.6. The van der Waals surface area contributed by atoms with E-state index >= 15 is 0 Å². The molecule has 2 N–H and O–H groups in total. The average Bonchev–Trinajstić information content (AvgIpc) is 3.06. The van der Waals surface area contributed by atoms with Crippen molar-refractivity contribution >= 4 is 11.8 Å². The molecule has 178 valence electrons. The summed E-state index contributed by atoms with van der Waals surface area (Å²) in [6.45, 7) is 11.6. The first-order chi connectivity index (χ1) is 15.5. The van der Waals surface area contributed by atoms with Gasteiger partial charge in [0.25, 0.3) is 0 Å². The van der Waals surface area contributed by atoms with E-state index in [0.29, 0.717) is 6.54 Å². The van der Waals surface area contributed by atoms with Crippen LogP contribution in [0, 0.1) is 5.82 Å².